The van der Waals surface area contributed by atoms with Crippen molar-refractivity contribution in [2.45, 2.75) is 31.7 Å². The lowest BCUT2D eigenvalue weighted by molar-refractivity contribution is -0.160. The summed E-state index contributed by atoms with van der Waals surface area (Å²) in [7, 11) is 7.00. The van der Waals surface area contributed by atoms with E-state index in [0.29, 0.717) is 17.9 Å². The third kappa shape index (κ3) is 2.46. The van der Waals surface area contributed by atoms with Crippen LogP contribution in [0.15, 0.2) is 18.2 Å². The standard InChI is InChI=1S/C16H24N2O3/c1-11-16(2,10-15(19)18(4)17(11)3)12-7-8-13(20-5)14(9-12)21-6/h7-9,11H,10H2,1-6H3. The lowest BCUT2D eigenvalue weighted by Crippen LogP contribution is -2.60. The number of carbonyl (C=O) groups is 1. The van der Waals surface area contributed by atoms with E-state index in [1.165, 1.54) is 0 Å². The maximum atomic E-state index is 12.2. The number of hydrogen-bond acceptors (Lipinski definition) is 4. The highest BCUT2D eigenvalue weighted by Gasteiger charge is 2.44. The lowest BCUT2D eigenvalue weighted by atomic mass is 9.72. The fourth-order valence-corrected chi connectivity index (χ4v) is 2.96. The first-order chi connectivity index (χ1) is 9.85. The Bertz CT molecular complexity index is 546. The summed E-state index contributed by atoms with van der Waals surface area (Å²) in [6.07, 6.45) is 0.477. The number of amides is 1. The molecule has 1 heterocycles. The molecular weight excluding hydrogens is 268 g/mol. The van der Waals surface area contributed by atoms with Gasteiger partial charge in [0.05, 0.1) is 14.2 Å². The lowest BCUT2D eigenvalue weighted by Gasteiger charge is -2.49. The van der Waals surface area contributed by atoms with E-state index >= 15 is 0 Å². The minimum atomic E-state index is -0.266. The van der Waals surface area contributed by atoms with Crippen LogP contribution < -0.4 is 9.47 Å². The van der Waals surface area contributed by atoms with Crippen molar-refractivity contribution in [1.82, 2.24) is 10.0 Å². The molecule has 0 N–H and O–H groups in total. The number of hydrazine groups is 1. The molecule has 0 spiro atoms. The Morgan fingerprint density at radius 2 is 1.81 bits per heavy atom. The van der Waals surface area contributed by atoms with E-state index in [1.54, 1.807) is 19.2 Å². The average molecular weight is 292 g/mol. The van der Waals surface area contributed by atoms with Crippen molar-refractivity contribution >= 4 is 5.91 Å². The monoisotopic (exact) mass is 292 g/mol. The molecular formula is C16H24N2O3. The normalized spacial score (nSPS) is 26.9. The van der Waals surface area contributed by atoms with Crippen molar-refractivity contribution in [3.05, 3.63) is 23.8 Å². The second-order valence-electron chi connectivity index (χ2n) is 5.83. The maximum Gasteiger partial charge on any atom is 0.237 e. The number of nitrogens with zero attached hydrogens (tertiary/aromatic N) is 2. The number of rotatable bonds is 3. The van der Waals surface area contributed by atoms with E-state index in [1.807, 2.05) is 37.3 Å². The van der Waals surface area contributed by atoms with Gasteiger partial charge in [0.2, 0.25) is 5.91 Å². The Morgan fingerprint density at radius 1 is 1.19 bits per heavy atom. The number of methoxy groups -OCH3 is 2. The van der Waals surface area contributed by atoms with Crippen LogP contribution >= 0.6 is 0 Å². The summed E-state index contributed by atoms with van der Waals surface area (Å²) < 4.78 is 10.7. The fraction of sp³-hybridized carbons (Fsp3) is 0.562. The molecule has 2 rings (SSSR count). The Hall–Kier alpha value is -1.75. The molecule has 1 aliphatic rings. The van der Waals surface area contributed by atoms with E-state index in [9.17, 15) is 4.79 Å². The van der Waals surface area contributed by atoms with Gasteiger partial charge >= 0.3 is 0 Å². The molecule has 21 heavy (non-hydrogen) atoms. The van der Waals surface area contributed by atoms with Crippen molar-refractivity contribution in [2.24, 2.45) is 0 Å². The molecule has 5 nitrogen and oxygen atoms in total. The molecule has 2 atom stereocenters. The highest BCUT2D eigenvalue weighted by atomic mass is 16.5. The minimum absolute atomic E-state index is 0.118. The van der Waals surface area contributed by atoms with Crippen LogP contribution in [0.5, 0.6) is 11.5 Å². The summed E-state index contributed by atoms with van der Waals surface area (Å²) in [5.41, 5.74) is 0.818. The predicted octanol–water partition coefficient (Wildman–Crippen LogP) is 2.06. The zero-order chi connectivity index (χ0) is 15.8. The first-order valence-electron chi connectivity index (χ1n) is 7.07. The van der Waals surface area contributed by atoms with Gasteiger partial charge < -0.3 is 9.47 Å². The van der Waals surface area contributed by atoms with Gasteiger partial charge in [-0.25, -0.2) is 5.01 Å². The van der Waals surface area contributed by atoms with Crippen molar-refractivity contribution in [3.8, 4) is 11.5 Å². The average Bonchev–Trinajstić information content (AvgIpc) is 2.50. The smallest absolute Gasteiger partial charge is 0.237 e. The summed E-state index contributed by atoms with van der Waals surface area (Å²) in [5.74, 6) is 1.51. The molecule has 1 fully saturated rings. The van der Waals surface area contributed by atoms with Gasteiger partial charge in [0.1, 0.15) is 0 Å². The SMILES string of the molecule is COc1ccc(C2(C)CC(=O)N(C)N(C)C2C)cc1OC. The fourth-order valence-electron chi connectivity index (χ4n) is 2.96. The van der Waals surface area contributed by atoms with Gasteiger partial charge in [-0.1, -0.05) is 13.0 Å². The predicted molar refractivity (Wildman–Crippen MR) is 81.5 cm³/mol. The summed E-state index contributed by atoms with van der Waals surface area (Å²) in [6, 6.07) is 6.08. The highest BCUT2D eigenvalue weighted by molar-refractivity contribution is 5.78. The van der Waals surface area contributed by atoms with Gasteiger partial charge in [0.15, 0.2) is 11.5 Å². The van der Waals surface area contributed by atoms with Crippen LogP contribution in [0.1, 0.15) is 25.8 Å². The summed E-state index contributed by atoms with van der Waals surface area (Å²) >= 11 is 0. The maximum absolute atomic E-state index is 12.2. The van der Waals surface area contributed by atoms with Gasteiger partial charge in [-0.2, -0.15) is 0 Å². The van der Waals surface area contributed by atoms with Crippen LogP contribution in [-0.2, 0) is 10.2 Å². The van der Waals surface area contributed by atoms with Crippen LogP contribution in [0.4, 0.5) is 0 Å². The molecule has 1 amide bonds. The van der Waals surface area contributed by atoms with Crippen molar-refractivity contribution in [2.75, 3.05) is 28.3 Å². The van der Waals surface area contributed by atoms with Crippen molar-refractivity contribution < 1.29 is 14.3 Å². The summed E-state index contributed by atoms with van der Waals surface area (Å²) in [5, 5.41) is 3.68. The number of benzene rings is 1. The molecule has 0 bridgehead atoms. The first kappa shape index (κ1) is 15.6. The Balaban J connectivity index is 2.46. The summed E-state index contributed by atoms with van der Waals surface area (Å²) in [6.45, 7) is 4.26. The van der Waals surface area contributed by atoms with Gasteiger partial charge in [0.25, 0.3) is 0 Å². The molecule has 1 aromatic rings. The molecule has 1 aromatic carbocycles. The Labute approximate surface area is 126 Å². The van der Waals surface area contributed by atoms with Gasteiger partial charge in [-0.15, -0.1) is 0 Å². The minimum Gasteiger partial charge on any atom is -0.493 e. The summed E-state index contributed by atoms with van der Waals surface area (Å²) in [4.78, 5) is 12.2. The topological polar surface area (TPSA) is 42.0 Å². The van der Waals surface area contributed by atoms with Crippen LogP contribution in [0.2, 0.25) is 0 Å². The molecule has 0 aliphatic carbocycles. The molecule has 0 radical (unpaired) electrons. The number of likely N-dealkylation sites (N-methyl/N-ethyl adjacent to an activating group) is 1. The molecule has 1 saturated heterocycles. The van der Waals surface area contributed by atoms with E-state index in [0.717, 1.165) is 5.56 Å². The number of ether oxygens (including phenoxy) is 2. The van der Waals surface area contributed by atoms with Crippen LogP contribution in [0, 0.1) is 0 Å². The Kier molecular flexibility index (Phi) is 4.14. The van der Waals surface area contributed by atoms with Crippen LogP contribution in [0.25, 0.3) is 0 Å². The van der Waals surface area contributed by atoms with E-state index in [2.05, 4.69) is 13.8 Å². The van der Waals surface area contributed by atoms with Crippen LogP contribution in [0.3, 0.4) is 0 Å². The van der Waals surface area contributed by atoms with Crippen molar-refractivity contribution in [3.63, 3.8) is 0 Å². The van der Waals surface area contributed by atoms with Crippen molar-refractivity contribution in [1.29, 1.82) is 0 Å². The zero-order valence-corrected chi connectivity index (χ0v) is 13.6. The van der Waals surface area contributed by atoms with E-state index in [-0.39, 0.29) is 17.4 Å². The van der Waals surface area contributed by atoms with Crippen LogP contribution in [-0.4, -0.2) is 50.3 Å². The molecule has 0 saturated carbocycles. The molecule has 1 aliphatic heterocycles. The Morgan fingerprint density at radius 3 is 2.38 bits per heavy atom. The van der Waals surface area contributed by atoms with Gasteiger partial charge in [-0.05, 0) is 24.6 Å². The zero-order valence-electron chi connectivity index (χ0n) is 13.6. The second-order valence-corrected chi connectivity index (χ2v) is 5.83. The van der Waals surface area contributed by atoms with Gasteiger partial charge in [-0.3, -0.25) is 9.80 Å². The quantitative estimate of drug-likeness (QED) is 0.855. The number of carbonyl (C=O) groups excluding carboxylic acids is 1. The molecule has 0 aromatic heterocycles. The third-order valence-electron chi connectivity index (χ3n) is 4.88. The molecule has 5 heteroatoms. The first-order valence-corrected chi connectivity index (χ1v) is 7.07. The number of hydrogen-bond donors (Lipinski definition) is 0. The highest BCUT2D eigenvalue weighted by Crippen LogP contribution is 2.41. The molecule has 2 unspecified atom stereocenters. The van der Waals surface area contributed by atoms with E-state index in [4.69, 9.17) is 9.47 Å². The second kappa shape index (κ2) is 5.56. The van der Waals surface area contributed by atoms with E-state index < -0.39 is 0 Å². The van der Waals surface area contributed by atoms with Gasteiger partial charge in [0, 0.05) is 32.0 Å². The third-order valence-corrected chi connectivity index (χ3v) is 4.88. The molecule has 116 valence electrons. The largest absolute Gasteiger partial charge is 0.493 e.